The van der Waals surface area contributed by atoms with Gasteiger partial charge in [0.25, 0.3) is 0 Å². The van der Waals surface area contributed by atoms with Crippen LogP contribution in [0.2, 0.25) is 0 Å². The molecule has 3 aromatic rings. The zero-order valence-corrected chi connectivity index (χ0v) is 11.0. The monoisotopic (exact) mass is 268 g/mol. The molecule has 2 heterocycles. The van der Waals surface area contributed by atoms with Gasteiger partial charge in [0.2, 0.25) is 0 Å². The average molecular weight is 268 g/mol. The number of para-hydroxylation sites is 1. The third-order valence-electron chi connectivity index (χ3n) is 3.00. The van der Waals surface area contributed by atoms with Crippen molar-refractivity contribution in [2.45, 2.75) is 6.54 Å². The van der Waals surface area contributed by atoms with Gasteiger partial charge in [-0.2, -0.15) is 5.10 Å². The average Bonchev–Trinajstić information content (AvgIpc) is 2.83. The molecule has 0 saturated carbocycles. The van der Waals surface area contributed by atoms with E-state index < -0.39 is 0 Å². The number of rotatable bonds is 3. The van der Waals surface area contributed by atoms with Gasteiger partial charge in [-0.1, -0.05) is 36.5 Å². The molecule has 5 heteroatoms. The van der Waals surface area contributed by atoms with Gasteiger partial charge in [0.1, 0.15) is 10.7 Å². The summed E-state index contributed by atoms with van der Waals surface area (Å²) in [6, 6.07) is 11.9. The molecule has 3 rings (SSSR count). The molecule has 0 aliphatic carbocycles. The maximum absolute atomic E-state index is 5.70. The SMILES string of the molecule is NC(=S)c1ncccc1Cn1ncc2ccccc21. The lowest BCUT2D eigenvalue weighted by Gasteiger charge is -2.08. The van der Waals surface area contributed by atoms with Crippen molar-refractivity contribution < 1.29 is 0 Å². The summed E-state index contributed by atoms with van der Waals surface area (Å²) in [4.78, 5) is 4.54. The van der Waals surface area contributed by atoms with Crippen molar-refractivity contribution in [3.05, 3.63) is 60.0 Å². The van der Waals surface area contributed by atoms with Gasteiger partial charge in [-0.25, -0.2) is 0 Å². The number of nitrogens with zero attached hydrogens (tertiary/aromatic N) is 3. The Bertz CT molecular complexity index is 748. The highest BCUT2D eigenvalue weighted by Gasteiger charge is 2.08. The highest BCUT2D eigenvalue weighted by atomic mass is 32.1. The first-order valence-corrected chi connectivity index (χ1v) is 6.31. The van der Waals surface area contributed by atoms with E-state index in [-0.39, 0.29) is 0 Å². The van der Waals surface area contributed by atoms with Gasteiger partial charge in [-0.15, -0.1) is 0 Å². The van der Waals surface area contributed by atoms with Crippen LogP contribution in [-0.2, 0) is 6.54 Å². The minimum Gasteiger partial charge on any atom is -0.388 e. The minimum atomic E-state index is 0.312. The molecule has 0 spiro atoms. The standard InChI is InChI=1S/C14H12N4S/c15-14(19)13-11(5-3-7-16-13)9-18-12-6-2-1-4-10(12)8-17-18/h1-8H,9H2,(H2,15,19). The fourth-order valence-electron chi connectivity index (χ4n) is 2.10. The quantitative estimate of drug-likeness (QED) is 0.739. The number of thiocarbonyl (C=S) groups is 1. The second-order valence-electron chi connectivity index (χ2n) is 4.24. The van der Waals surface area contributed by atoms with Gasteiger partial charge in [0.15, 0.2) is 0 Å². The first kappa shape index (κ1) is 11.8. The van der Waals surface area contributed by atoms with Gasteiger partial charge >= 0.3 is 0 Å². The molecule has 1 aromatic carbocycles. The van der Waals surface area contributed by atoms with Gasteiger partial charge in [-0.05, 0) is 12.1 Å². The van der Waals surface area contributed by atoms with Crippen LogP contribution < -0.4 is 5.73 Å². The van der Waals surface area contributed by atoms with Gasteiger partial charge < -0.3 is 5.73 Å². The Balaban J connectivity index is 2.04. The van der Waals surface area contributed by atoms with Crippen molar-refractivity contribution in [3.8, 4) is 0 Å². The molecule has 0 bridgehead atoms. The number of fused-ring (bicyclic) bond motifs is 1. The van der Waals surface area contributed by atoms with Crippen LogP contribution in [0.5, 0.6) is 0 Å². The maximum atomic E-state index is 5.70. The number of pyridine rings is 1. The molecule has 0 fully saturated rings. The smallest absolute Gasteiger partial charge is 0.123 e. The van der Waals surface area contributed by atoms with Crippen molar-refractivity contribution in [1.29, 1.82) is 0 Å². The summed E-state index contributed by atoms with van der Waals surface area (Å²) < 4.78 is 1.92. The fraction of sp³-hybridized carbons (Fsp3) is 0.0714. The summed E-state index contributed by atoms with van der Waals surface area (Å²) in [7, 11) is 0. The largest absolute Gasteiger partial charge is 0.388 e. The molecule has 0 saturated heterocycles. The number of hydrogen-bond donors (Lipinski definition) is 1. The van der Waals surface area contributed by atoms with Crippen LogP contribution >= 0.6 is 12.2 Å². The van der Waals surface area contributed by atoms with Crippen LogP contribution in [0, 0.1) is 0 Å². The van der Waals surface area contributed by atoms with E-state index in [1.807, 2.05) is 47.3 Å². The Morgan fingerprint density at radius 1 is 1.21 bits per heavy atom. The van der Waals surface area contributed by atoms with E-state index in [4.69, 9.17) is 18.0 Å². The molecule has 0 amide bonds. The van der Waals surface area contributed by atoms with Crippen LogP contribution in [0.25, 0.3) is 10.9 Å². The van der Waals surface area contributed by atoms with Crippen LogP contribution in [0.3, 0.4) is 0 Å². The van der Waals surface area contributed by atoms with Crippen molar-refractivity contribution in [2.75, 3.05) is 0 Å². The van der Waals surface area contributed by atoms with Gasteiger partial charge in [0, 0.05) is 17.1 Å². The minimum absolute atomic E-state index is 0.312. The normalized spacial score (nSPS) is 10.7. The summed E-state index contributed by atoms with van der Waals surface area (Å²) in [5.74, 6) is 0. The molecule has 2 aromatic heterocycles. The summed E-state index contributed by atoms with van der Waals surface area (Å²) >= 11 is 5.03. The van der Waals surface area contributed by atoms with Crippen molar-refractivity contribution in [3.63, 3.8) is 0 Å². The highest BCUT2D eigenvalue weighted by Crippen LogP contribution is 2.15. The lowest BCUT2D eigenvalue weighted by Crippen LogP contribution is -2.16. The Labute approximate surface area is 115 Å². The summed E-state index contributed by atoms with van der Waals surface area (Å²) in [6.07, 6.45) is 3.55. The molecule has 4 nitrogen and oxygen atoms in total. The molecular weight excluding hydrogens is 256 g/mol. The van der Waals surface area contributed by atoms with E-state index in [0.717, 1.165) is 16.5 Å². The Hall–Kier alpha value is -2.27. The molecule has 19 heavy (non-hydrogen) atoms. The first-order valence-electron chi connectivity index (χ1n) is 5.90. The molecule has 0 atom stereocenters. The Morgan fingerprint density at radius 3 is 2.89 bits per heavy atom. The highest BCUT2D eigenvalue weighted by molar-refractivity contribution is 7.80. The topological polar surface area (TPSA) is 56.7 Å². The second-order valence-corrected chi connectivity index (χ2v) is 4.68. The van der Waals surface area contributed by atoms with Gasteiger partial charge in [0.05, 0.1) is 18.3 Å². The third-order valence-corrected chi connectivity index (χ3v) is 3.19. The number of hydrogen-bond acceptors (Lipinski definition) is 3. The molecule has 0 radical (unpaired) electrons. The third kappa shape index (κ3) is 2.20. The van der Waals surface area contributed by atoms with E-state index in [2.05, 4.69) is 10.1 Å². The van der Waals surface area contributed by atoms with E-state index in [0.29, 0.717) is 17.2 Å². The first-order chi connectivity index (χ1) is 9.25. The lowest BCUT2D eigenvalue weighted by molar-refractivity contribution is 0.709. The lowest BCUT2D eigenvalue weighted by atomic mass is 10.2. The molecular formula is C14H12N4S. The molecule has 0 aliphatic rings. The zero-order chi connectivity index (χ0) is 13.2. The predicted octanol–water partition coefficient (Wildman–Crippen LogP) is 2.11. The van der Waals surface area contributed by atoms with E-state index in [9.17, 15) is 0 Å². The van der Waals surface area contributed by atoms with Crippen LogP contribution in [-0.4, -0.2) is 19.8 Å². The van der Waals surface area contributed by atoms with E-state index >= 15 is 0 Å². The Kier molecular flexibility index (Phi) is 2.97. The van der Waals surface area contributed by atoms with Crippen LogP contribution in [0.1, 0.15) is 11.3 Å². The molecule has 0 unspecified atom stereocenters. The summed E-state index contributed by atoms with van der Waals surface area (Å²) in [6.45, 7) is 0.605. The van der Waals surface area contributed by atoms with E-state index in [1.54, 1.807) is 6.20 Å². The van der Waals surface area contributed by atoms with Crippen LogP contribution in [0.15, 0.2) is 48.8 Å². The summed E-state index contributed by atoms with van der Waals surface area (Å²) in [5.41, 5.74) is 8.42. The Morgan fingerprint density at radius 2 is 2.05 bits per heavy atom. The molecule has 2 N–H and O–H groups in total. The van der Waals surface area contributed by atoms with Gasteiger partial charge in [-0.3, -0.25) is 9.67 Å². The zero-order valence-electron chi connectivity index (χ0n) is 10.2. The summed E-state index contributed by atoms with van der Waals surface area (Å²) in [5, 5.41) is 5.51. The van der Waals surface area contributed by atoms with Crippen molar-refractivity contribution in [2.24, 2.45) is 5.73 Å². The number of nitrogens with two attached hydrogens (primary N) is 1. The molecule has 0 aliphatic heterocycles. The maximum Gasteiger partial charge on any atom is 0.123 e. The molecule has 94 valence electrons. The predicted molar refractivity (Wildman–Crippen MR) is 79.0 cm³/mol. The number of aromatic nitrogens is 3. The van der Waals surface area contributed by atoms with Crippen molar-refractivity contribution in [1.82, 2.24) is 14.8 Å². The second kappa shape index (κ2) is 4.78. The fourth-order valence-corrected chi connectivity index (χ4v) is 2.29. The number of benzene rings is 1. The van der Waals surface area contributed by atoms with Crippen molar-refractivity contribution >= 4 is 28.1 Å². The van der Waals surface area contributed by atoms with Crippen LogP contribution in [0.4, 0.5) is 0 Å². The van der Waals surface area contributed by atoms with E-state index in [1.165, 1.54) is 0 Å².